The van der Waals surface area contributed by atoms with Gasteiger partial charge in [-0.25, -0.2) is 0 Å². The number of benzene rings is 1. The Balaban J connectivity index is 2.91. The minimum Gasteiger partial charge on any atom is -0.494 e. The molecule has 0 heterocycles. The second-order valence-corrected chi connectivity index (χ2v) is 3.44. The number of thioether (sulfide) groups is 1. The van der Waals surface area contributed by atoms with Gasteiger partial charge in [0.25, 0.3) is 0 Å². The van der Waals surface area contributed by atoms with Crippen LogP contribution in [0.1, 0.15) is 6.92 Å². The van der Waals surface area contributed by atoms with Gasteiger partial charge in [-0.1, -0.05) is 6.07 Å². The van der Waals surface area contributed by atoms with Crippen LogP contribution in [0.15, 0.2) is 23.1 Å². The average molecular weight is 180 g/mol. The fraction of sp³-hybridized carbons (Fsp3) is 0.333. The third-order valence-corrected chi connectivity index (χ3v) is 2.42. The van der Waals surface area contributed by atoms with Gasteiger partial charge in [0.1, 0.15) is 13.6 Å². The Morgan fingerprint density at radius 2 is 2.25 bits per heavy atom. The molecule has 0 N–H and O–H groups in total. The van der Waals surface area contributed by atoms with Crippen LogP contribution in [-0.4, -0.2) is 20.7 Å². The summed E-state index contributed by atoms with van der Waals surface area (Å²) in [5.41, 5.74) is 1.20. The Bertz CT molecular complexity index is 263. The molecule has 0 bridgehead atoms. The van der Waals surface area contributed by atoms with Crippen LogP contribution in [0.4, 0.5) is 0 Å². The van der Waals surface area contributed by atoms with Gasteiger partial charge in [-0.15, -0.1) is 11.8 Å². The van der Waals surface area contributed by atoms with Crippen LogP contribution in [0.5, 0.6) is 5.75 Å². The van der Waals surface area contributed by atoms with E-state index < -0.39 is 0 Å². The molecule has 0 fully saturated rings. The Morgan fingerprint density at radius 1 is 1.50 bits per heavy atom. The van der Waals surface area contributed by atoms with Crippen LogP contribution >= 0.6 is 11.8 Å². The monoisotopic (exact) mass is 180 g/mol. The lowest BCUT2D eigenvalue weighted by Gasteiger charge is -2.07. The van der Waals surface area contributed by atoms with E-state index in [2.05, 4.69) is 32.3 Å². The van der Waals surface area contributed by atoms with Crippen molar-refractivity contribution in [3.8, 4) is 5.75 Å². The lowest BCUT2D eigenvalue weighted by Crippen LogP contribution is -2.08. The van der Waals surface area contributed by atoms with Gasteiger partial charge in [0.15, 0.2) is 0 Å². The molecular formula is C9H13BOS. The first kappa shape index (κ1) is 9.52. The van der Waals surface area contributed by atoms with Crippen LogP contribution in [0.25, 0.3) is 0 Å². The first-order valence-electron chi connectivity index (χ1n) is 4.05. The van der Waals surface area contributed by atoms with E-state index in [0.29, 0.717) is 0 Å². The largest absolute Gasteiger partial charge is 0.494 e. The second-order valence-electron chi connectivity index (χ2n) is 2.56. The van der Waals surface area contributed by atoms with E-state index in [1.54, 1.807) is 11.8 Å². The first-order chi connectivity index (χ1) is 5.77. The quantitative estimate of drug-likeness (QED) is 0.508. The van der Waals surface area contributed by atoms with Gasteiger partial charge >= 0.3 is 0 Å². The van der Waals surface area contributed by atoms with Gasteiger partial charge in [-0.05, 0) is 30.8 Å². The first-order valence-corrected chi connectivity index (χ1v) is 5.28. The van der Waals surface area contributed by atoms with Crippen molar-refractivity contribution in [1.29, 1.82) is 0 Å². The van der Waals surface area contributed by atoms with Gasteiger partial charge in [0.05, 0.1) is 6.61 Å². The summed E-state index contributed by atoms with van der Waals surface area (Å²) in [6.45, 7) is 2.74. The number of hydrogen-bond acceptors (Lipinski definition) is 2. The summed E-state index contributed by atoms with van der Waals surface area (Å²) in [7, 11) is 2.06. The van der Waals surface area contributed by atoms with Crippen LogP contribution in [0.3, 0.4) is 0 Å². The molecule has 64 valence electrons. The van der Waals surface area contributed by atoms with Gasteiger partial charge in [-0.2, -0.15) is 0 Å². The smallest absolute Gasteiger partial charge is 0.144 e. The number of rotatable bonds is 3. The minimum atomic E-state index is 0.735. The molecule has 0 aliphatic heterocycles. The molecule has 0 saturated heterocycles. The molecule has 0 spiro atoms. The highest BCUT2D eigenvalue weighted by Gasteiger charge is 1.98. The molecule has 1 aromatic rings. The Kier molecular flexibility index (Phi) is 3.54. The summed E-state index contributed by atoms with van der Waals surface area (Å²) in [6, 6.07) is 6.29. The molecule has 1 nitrogen and oxygen atoms in total. The van der Waals surface area contributed by atoms with Crippen molar-refractivity contribution in [1.82, 2.24) is 0 Å². The molecule has 1 aromatic carbocycles. The highest BCUT2D eigenvalue weighted by Crippen LogP contribution is 2.18. The van der Waals surface area contributed by atoms with E-state index >= 15 is 0 Å². The van der Waals surface area contributed by atoms with Crippen molar-refractivity contribution < 1.29 is 4.74 Å². The fourth-order valence-electron chi connectivity index (χ4n) is 1.02. The highest BCUT2D eigenvalue weighted by molar-refractivity contribution is 7.98. The third kappa shape index (κ3) is 2.21. The van der Waals surface area contributed by atoms with Crippen LogP contribution in [0.2, 0.25) is 0 Å². The van der Waals surface area contributed by atoms with Crippen molar-refractivity contribution >= 4 is 25.1 Å². The standard InChI is InChI=1S/C9H13BOS/c1-3-11-9-6-7(12-2)4-5-8(9)10/h4-6H,3,10H2,1-2H3. The molecule has 0 amide bonds. The predicted octanol–water partition coefficient (Wildman–Crippen LogP) is 1.07. The summed E-state index contributed by atoms with van der Waals surface area (Å²) in [6.07, 6.45) is 2.07. The predicted molar refractivity (Wildman–Crippen MR) is 57.6 cm³/mol. The number of ether oxygens (including phenoxy) is 1. The Hall–Kier alpha value is -0.565. The fourth-order valence-corrected chi connectivity index (χ4v) is 1.45. The molecular weight excluding hydrogens is 167 g/mol. The van der Waals surface area contributed by atoms with Gasteiger partial charge in [0, 0.05) is 4.90 Å². The van der Waals surface area contributed by atoms with Gasteiger partial charge < -0.3 is 4.74 Å². The maximum atomic E-state index is 5.47. The van der Waals surface area contributed by atoms with Crippen molar-refractivity contribution in [2.45, 2.75) is 11.8 Å². The van der Waals surface area contributed by atoms with E-state index in [1.807, 2.05) is 6.92 Å². The molecule has 0 saturated carbocycles. The van der Waals surface area contributed by atoms with Crippen LogP contribution in [-0.2, 0) is 0 Å². The van der Waals surface area contributed by atoms with E-state index in [1.165, 1.54) is 10.4 Å². The number of hydrogen-bond donors (Lipinski definition) is 0. The lowest BCUT2D eigenvalue weighted by atomic mass is 9.95. The molecule has 3 heteroatoms. The molecule has 0 unspecified atom stereocenters. The maximum Gasteiger partial charge on any atom is 0.144 e. The lowest BCUT2D eigenvalue weighted by molar-refractivity contribution is 0.342. The summed E-state index contributed by atoms with van der Waals surface area (Å²) in [5.74, 6) is 1.00. The van der Waals surface area contributed by atoms with Crippen LogP contribution < -0.4 is 10.2 Å². The molecule has 1 rings (SSSR count). The zero-order chi connectivity index (χ0) is 8.97. The Morgan fingerprint density at radius 3 is 2.83 bits per heavy atom. The zero-order valence-corrected chi connectivity index (χ0v) is 8.57. The van der Waals surface area contributed by atoms with Crippen molar-refractivity contribution in [3.63, 3.8) is 0 Å². The molecule has 0 aliphatic rings. The third-order valence-electron chi connectivity index (χ3n) is 1.70. The molecule has 0 aliphatic carbocycles. The van der Waals surface area contributed by atoms with Crippen molar-refractivity contribution in [2.24, 2.45) is 0 Å². The van der Waals surface area contributed by atoms with Gasteiger partial charge in [-0.3, -0.25) is 0 Å². The van der Waals surface area contributed by atoms with Crippen molar-refractivity contribution in [2.75, 3.05) is 12.9 Å². The molecule has 0 atom stereocenters. The van der Waals surface area contributed by atoms with E-state index in [4.69, 9.17) is 4.74 Å². The molecule has 12 heavy (non-hydrogen) atoms. The van der Waals surface area contributed by atoms with E-state index in [9.17, 15) is 0 Å². The van der Waals surface area contributed by atoms with Crippen LogP contribution in [0, 0.1) is 0 Å². The highest BCUT2D eigenvalue weighted by atomic mass is 32.2. The van der Waals surface area contributed by atoms with Gasteiger partial charge in [0.2, 0.25) is 0 Å². The average Bonchev–Trinajstić information content (AvgIpc) is 2.09. The Labute approximate surface area is 78.9 Å². The second kappa shape index (κ2) is 4.46. The SMILES string of the molecule is Bc1ccc(SC)cc1OCC. The zero-order valence-electron chi connectivity index (χ0n) is 7.76. The minimum absolute atomic E-state index is 0.735. The normalized spacial score (nSPS) is 9.83. The molecule has 0 radical (unpaired) electrons. The topological polar surface area (TPSA) is 9.23 Å². The summed E-state index contributed by atoms with van der Waals surface area (Å²) in [4.78, 5) is 1.25. The van der Waals surface area contributed by atoms with E-state index in [0.717, 1.165) is 12.4 Å². The summed E-state index contributed by atoms with van der Waals surface area (Å²) in [5, 5.41) is 0. The summed E-state index contributed by atoms with van der Waals surface area (Å²) >= 11 is 1.74. The molecule has 0 aromatic heterocycles. The van der Waals surface area contributed by atoms with E-state index in [-0.39, 0.29) is 0 Å². The van der Waals surface area contributed by atoms with Crippen molar-refractivity contribution in [3.05, 3.63) is 18.2 Å². The maximum absolute atomic E-state index is 5.47. The summed E-state index contributed by atoms with van der Waals surface area (Å²) < 4.78 is 5.47.